The van der Waals surface area contributed by atoms with E-state index in [0.29, 0.717) is 17.9 Å². The van der Waals surface area contributed by atoms with E-state index in [4.69, 9.17) is 16.7 Å². The summed E-state index contributed by atoms with van der Waals surface area (Å²) >= 11 is 5.80. The molecule has 0 heterocycles. The molecule has 0 aromatic heterocycles. The van der Waals surface area contributed by atoms with E-state index in [1.54, 1.807) is 12.1 Å². The zero-order valence-electron chi connectivity index (χ0n) is 6.46. The Hall–Kier alpha value is -1.02. The quantitative estimate of drug-likeness (QED) is 0.732. The fourth-order valence-electron chi connectivity index (χ4n) is 0.967. The van der Waals surface area contributed by atoms with E-state index in [2.05, 4.69) is 0 Å². The summed E-state index contributed by atoms with van der Waals surface area (Å²) in [6.45, 7) is 0. The molecule has 1 aromatic rings. The van der Waals surface area contributed by atoms with Crippen molar-refractivity contribution in [3.05, 3.63) is 28.8 Å². The number of aryl methyl sites for hydroxylation is 1. The molecule has 0 saturated carbocycles. The predicted octanol–water partition coefficient (Wildman–Crippen LogP) is 2.18. The van der Waals surface area contributed by atoms with Crippen LogP contribution in [0.5, 0.6) is 5.75 Å². The number of phenolic OH excluding ortho intramolecular Hbond substituents is 1. The SMILES string of the molecule is O=CCCc1cc(O)ccc1Cl. The van der Waals surface area contributed by atoms with Crippen LogP contribution in [0.1, 0.15) is 12.0 Å². The van der Waals surface area contributed by atoms with Crippen LogP contribution in [0, 0.1) is 0 Å². The molecule has 0 amide bonds. The predicted molar refractivity (Wildman–Crippen MR) is 47.5 cm³/mol. The minimum absolute atomic E-state index is 0.181. The molecule has 0 spiro atoms. The Balaban J connectivity index is 2.82. The molecule has 1 aromatic carbocycles. The van der Waals surface area contributed by atoms with E-state index < -0.39 is 0 Å². The molecule has 0 aliphatic heterocycles. The molecule has 0 aliphatic carbocycles. The maximum absolute atomic E-state index is 10.1. The summed E-state index contributed by atoms with van der Waals surface area (Å²) in [5.41, 5.74) is 0.809. The Morgan fingerprint density at radius 1 is 1.50 bits per heavy atom. The number of hydrogen-bond donors (Lipinski definition) is 1. The number of carbonyl (C=O) groups excluding carboxylic acids is 1. The number of aromatic hydroxyl groups is 1. The van der Waals surface area contributed by atoms with Gasteiger partial charge >= 0.3 is 0 Å². The lowest BCUT2D eigenvalue weighted by Gasteiger charge is -2.01. The minimum Gasteiger partial charge on any atom is -0.508 e. The third kappa shape index (κ3) is 2.24. The number of rotatable bonds is 3. The lowest BCUT2D eigenvalue weighted by Crippen LogP contribution is -1.86. The third-order valence-electron chi connectivity index (χ3n) is 1.56. The molecule has 0 atom stereocenters. The first-order valence-corrected chi connectivity index (χ1v) is 4.03. The molecule has 0 bridgehead atoms. The van der Waals surface area contributed by atoms with E-state index in [1.165, 1.54) is 6.07 Å². The zero-order valence-corrected chi connectivity index (χ0v) is 7.21. The van der Waals surface area contributed by atoms with Gasteiger partial charge in [-0.05, 0) is 30.2 Å². The maximum atomic E-state index is 10.1. The zero-order chi connectivity index (χ0) is 8.97. The highest BCUT2D eigenvalue weighted by atomic mass is 35.5. The van der Waals surface area contributed by atoms with Crippen molar-refractivity contribution in [3.8, 4) is 5.75 Å². The first kappa shape index (κ1) is 9.07. The average molecular weight is 185 g/mol. The van der Waals surface area contributed by atoms with Crippen LogP contribution in [0.4, 0.5) is 0 Å². The van der Waals surface area contributed by atoms with Gasteiger partial charge in [-0.3, -0.25) is 0 Å². The highest BCUT2D eigenvalue weighted by Crippen LogP contribution is 2.21. The van der Waals surface area contributed by atoms with Gasteiger partial charge in [-0.1, -0.05) is 11.6 Å². The van der Waals surface area contributed by atoms with Gasteiger partial charge in [0, 0.05) is 11.4 Å². The van der Waals surface area contributed by atoms with Crippen molar-refractivity contribution < 1.29 is 9.90 Å². The van der Waals surface area contributed by atoms with E-state index in [0.717, 1.165) is 11.8 Å². The monoisotopic (exact) mass is 184 g/mol. The van der Waals surface area contributed by atoms with Gasteiger partial charge in [0.1, 0.15) is 12.0 Å². The molecule has 3 heteroatoms. The second-order valence-electron chi connectivity index (χ2n) is 2.48. The van der Waals surface area contributed by atoms with Gasteiger partial charge < -0.3 is 9.90 Å². The molecule has 64 valence electrons. The minimum atomic E-state index is 0.181. The lowest BCUT2D eigenvalue weighted by atomic mass is 10.1. The molecule has 0 fully saturated rings. The van der Waals surface area contributed by atoms with Gasteiger partial charge in [-0.2, -0.15) is 0 Å². The maximum Gasteiger partial charge on any atom is 0.120 e. The molecule has 1 rings (SSSR count). The highest BCUT2D eigenvalue weighted by Gasteiger charge is 2.00. The van der Waals surface area contributed by atoms with Crippen LogP contribution < -0.4 is 0 Å². The Bertz CT molecular complexity index is 284. The summed E-state index contributed by atoms with van der Waals surface area (Å²) in [7, 11) is 0. The summed E-state index contributed by atoms with van der Waals surface area (Å²) in [6.07, 6.45) is 1.85. The van der Waals surface area contributed by atoms with Gasteiger partial charge in [0.05, 0.1) is 0 Å². The Morgan fingerprint density at radius 3 is 2.92 bits per heavy atom. The van der Waals surface area contributed by atoms with Gasteiger partial charge in [0.15, 0.2) is 0 Å². The molecular formula is C9H9ClO2. The molecule has 12 heavy (non-hydrogen) atoms. The first-order valence-electron chi connectivity index (χ1n) is 3.65. The number of benzene rings is 1. The summed E-state index contributed by atoms with van der Waals surface area (Å²) in [6, 6.07) is 4.72. The number of halogens is 1. The van der Waals surface area contributed by atoms with Crippen molar-refractivity contribution in [1.29, 1.82) is 0 Å². The van der Waals surface area contributed by atoms with E-state index >= 15 is 0 Å². The van der Waals surface area contributed by atoms with Crippen molar-refractivity contribution in [2.24, 2.45) is 0 Å². The van der Waals surface area contributed by atoms with Crippen LogP contribution in [0.15, 0.2) is 18.2 Å². The number of carbonyl (C=O) groups is 1. The van der Waals surface area contributed by atoms with Crippen molar-refractivity contribution in [2.75, 3.05) is 0 Å². The van der Waals surface area contributed by atoms with Crippen LogP contribution >= 0.6 is 11.6 Å². The molecule has 0 aliphatic rings. The summed E-state index contributed by atoms with van der Waals surface area (Å²) in [4.78, 5) is 10.1. The fourth-order valence-corrected chi connectivity index (χ4v) is 1.18. The molecule has 0 unspecified atom stereocenters. The molecule has 0 saturated heterocycles. The van der Waals surface area contributed by atoms with Crippen molar-refractivity contribution in [2.45, 2.75) is 12.8 Å². The molecular weight excluding hydrogens is 176 g/mol. The van der Waals surface area contributed by atoms with E-state index in [1.807, 2.05) is 0 Å². The topological polar surface area (TPSA) is 37.3 Å². The second-order valence-corrected chi connectivity index (χ2v) is 2.89. The van der Waals surface area contributed by atoms with Gasteiger partial charge in [-0.15, -0.1) is 0 Å². The highest BCUT2D eigenvalue weighted by molar-refractivity contribution is 6.31. The van der Waals surface area contributed by atoms with Crippen molar-refractivity contribution >= 4 is 17.9 Å². The average Bonchev–Trinajstić information content (AvgIpc) is 2.07. The molecule has 2 nitrogen and oxygen atoms in total. The van der Waals surface area contributed by atoms with Crippen LogP contribution in [0.2, 0.25) is 5.02 Å². The Morgan fingerprint density at radius 2 is 2.25 bits per heavy atom. The van der Waals surface area contributed by atoms with E-state index in [-0.39, 0.29) is 5.75 Å². The van der Waals surface area contributed by atoms with Gasteiger partial charge in [-0.25, -0.2) is 0 Å². The molecule has 1 N–H and O–H groups in total. The largest absolute Gasteiger partial charge is 0.508 e. The van der Waals surface area contributed by atoms with Crippen molar-refractivity contribution in [1.82, 2.24) is 0 Å². The Labute approximate surface area is 75.8 Å². The fraction of sp³-hybridized carbons (Fsp3) is 0.222. The van der Waals surface area contributed by atoms with Crippen LogP contribution in [0.3, 0.4) is 0 Å². The number of phenols is 1. The Kier molecular flexibility index (Phi) is 3.11. The summed E-state index contributed by atoms with van der Waals surface area (Å²) < 4.78 is 0. The summed E-state index contributed by atoms with van der Waals surface area (Å²) in [5, 5.41) is 9.68. The van der Waals surface area contributed by atoms with E-state index in [9.17, 15) is 4.79 Å². The third-order valence-corrected chi connectivity index (χ3v) is 1.93. The summed E-state index contributed by atoms with van der Waals surface area (Å²) in [5.74, 6) is 0.181. The van der Waals surface area contributed by atoms with Crippen LogP contribution in [0.25, 0.3) is 0 Å². The second kappa shape index (κ2) is 4.12. The normalized spacial score (nSPS) is 9.75. The standard InChI is InChI=1S/C9H9ClO2/c10-9-4-3-8(12)6-7(9)2-1-5-11/h3-6,12H,1-2H2. The number of hydrogen-bond acceptors (Lipinski definition) is 2. The first-order chi connectivity index (χ1) is 5.74. The van der Waals surface area contributed by atoms with Crippen LogP contribution in [-0.4, -0.2) is 11.4 Å². The van der Waals surface area contributed by atoms with Gasteiger partial charge in [0.2, 0.25) is 0 Å². The van der Waals surface area contributed by atoms with Crippen LogP contribution in [-0.2, 0) is 11.2 Å². The lowest BCUT2D eigenvalue weighted by molar-refractivity contribution is -0.107. The number of aldehydes is 1. The smallest absolute Gasteiger partial charge is 0.120 e. The van der Waals surface area contributed by atoms with Crippen molar-refractivity contribution in [3.63, 3.8) is 0 Å². The molecule has 0 radical (unpaired) electrons. The van der Waals surface area contributed by atoms with Gasteiger partial charge in [0.25, 0.3) is 0 Å².